The summed E-state index contributed by atoms with van der Waals surface area (Å²) in [5.41, 5.74) is 0.563. The van der Waals surface area contributed by atoms with Crippen LogP contribution in [0.3, 0.4) is 0 Å². The number of benzene rings is 1. The predicted molar refractivity (Wildman–Crippen MR) is 67.4 cm³/mol. The van der Waals surface area contributed by atoms with Crippen molar-refractivity contribution in [3.8, 4) is 0 Å². The highest BCUT2D eigenvalue weighted by molar-refractivity contribution is 5.87. The number of hydrogen-bond donors (Lipinski definition) is 0. The molecule has 0 aliphatic carbocycles. The normalized spacial score (nSPS) is 18.6. The number of non-ortho nitro benzene ring substituents is 1. The van der Waals surface area contributed by atoms with E-state index in [9.17, 15) is 14.9 Å². The highest BCUT2D eigenvalue weighted by Crippen LogP contribution is 2.14. The number of hydrogen-bond acceptors (Lipinski definition) is 5. The van der Waals surface area contributed by atoms with Crippen molar-refractivity contribution >= 4 is 17.7 Å². The van der Waals surface area contributed by atoms with Crippen LogP contribution < -0.4 is 0 Å². The molecule has 6 heteroatoms. The molecule has 1 aliphatic rings. The number of nitrogens with zero attached hydrogens (tertiary/aromatic N) is 1. The summed E-state index contributed by atoms with van der Waals surface area (Å²) in [6.07, 6.45) is 3.26. The summed E-state index contributed by atoms with van der Waals surface area (Å²) < 4.78 is 10.2. The Labute approximate surface area is 109 Å². The number of rotatable bonds is 4. The van der Waals surface area contributed by atoms with E-state index in [-0.39, 0.29) is 11.8 Å². The SMILES string of the molecule is O=C(/C=C\c1cccc([N+](=O)[O-])c1)O[C@@H]1CCOC1. The molecule has 19 heavy (non-hydrogen) atoms. The van der Waals surface area contributed by atoms with Crippen molar-refractivity contribution in [2.45, 2.75) is 12.5 Å². The van der Waals surface area contributed by atoms with Crippen LogP contribution in [0.2, 0.25) is 0 Å². The second-order valence-corrected chi connectivity index (χ2v) is 4.11. The first-order valence-electron chi connectivity index (χ1n) is 5.86. The Morgan fingerprint density at radius 1 is 1.53 bits per heavy atom. The van der Waals surface area contributed by atoms with Gasteiger partial charge in [-0.3, -0.25) is 10.1 Å². The molecular weight excluding hydrogens is 250 g/mol. The minimum Gasteiger partial charge on any atom is -0.457 e. The van der Waals surface area contributed by atoms with Crippen molar-refractivity contribution in [2.24, 2.45) is 0 Å². The van der Waals surface area contributed by atoms with E-state index in [0.29, 0.717) is 25.2 Å². The topological polar surface area (TPSA) is 78.7 Å². The summed E-state index contributed by atoms with van der Waals surface area (Å²) in [6, 6.07) is 6.03. The molecule has 1 aliphatic heterocycles. The van der Waals surface area contributed by atoms with Crippen molar-refractivity contribution < 1.29 is 19.2 Å². The Morgan fingerprint density at radius 2 is 2.37 bits per heavy atom. The van der Waals surface area contributed by atoms with Crippen molar-refractivity contribution in [3.63, 3.8) is 0 Å². The zero-order valence-corrected chi connectivity index (χ0v) is 10.2. The van der Waals surface area contributed by atoms with Gasteiger partial charge in [-0.2, -0.15) is 0 Å². The summed E-state index contributed by atoms with van der Waals surface area (Å²) in [5, 5.41) is 10.6. The standard InChI is InChI=1S/C13H13NO5/c15-13(19-12-6-7-18-9-12)5-4-10-2-1-3-11(8-10)14(16)17/h1-5,8,12H,6-7,9H2/b5-4-/t12-/m1/s1. The van der Waals surface area contributed by atoms with E-state index >= 15 is 0 Å². The predicted octanol–water partition coefficient (Wildman–Crippen LogP) is 1.94. The zero-order chi connectivity index (χ0) is 13.7. The van der Waals surface area contributed by atoms with Gasteiger partial charge in [0.05, 0.1) is 18.1 Å². The van der Waals surface area contributed by atoms with Gasteiger partial charge in [0.1, 0.15) is 6.10 Å². The van der Waals surface area contributed by atoms with Crippen LogP contribution in [-0.2, 0) is 14.3 Å². The van der Waals surface area contributed by atoms with Crippen LogP contribution in [-0.4, -0.2) is 30.2 Å². The first kappa shape index (κ1) is 13.2. The molecule has 1 atom stereocenters. The van der Waals surface area contributed by atoms with E-state index in [4.69, 9.17) is 9.47 Å². The molecule has 0 spiro atoms. The second-order valence-electron chi connectivity index (χ2n) is 4.11. The van der Waals surface area contributed by atoms with Crippen LogP contribution in [0.15, 0.2) is 30.3 Å². The molecule has 0 bridgehead atoms. The Hall–Kier alpha value is -2.21. The minimum absolute atomic E-state index is 0.0142. The highest BCUT2D eigenvalue weighted by Gasteiger charge is 2.18. The monoisotopic (exact) mass is 263 g/mol. The first-order valence-corrected chi connectivity index (χ1v) is 5.86. The molecule has 0 unspecified atom stereocenters. The van der Waals surface area contributed by atoms with Crippen LogP contribution in [0, 0.1) is 10.1 Å². The molecule has 6 nitrogen and oxygen atoms in total. The summed E-state index contributed by atoms with van der Waals surface area (Å²) in [7, 11) is 0. The van der Waals surface area contributed by atoms with Crippen molar-refractivity contribution in [1.82, 2.24) is 0 Å². The molecule has 0 aromatic heterocycles. The summed E-state index contributed by atoms with van der Waals surface area (Å²) in [6.45, 7) is 1.03. The Kier molecular flexibility index (Phi) is 4.25. The quantitative estimate of drug-likeness (QED) is 0.359. The van der Waals surface area contributed by atoms with Crippen LogP contribution in [0.1, 0.15) is 12.0 Å². The summed E-state index contributed by atoms with van der Waals surface area (Å²) in [4.78, 5) is 21.6. The molecule has 0 radical (unpaired) electrons. The number of nitro benzene ring substituents is 1. The van der Waals surface area contributed by atoms with E-state index in [1.807, 2.05) is 0 Å². The number of ether oxygens (including phenoxy) is 2. The lowest BCUT2D eigenvalue weighted by Gasteiger charge is -2.06. The van der Waals surface area contributed by atoms with Crippen LogP contribution in [0.4, 0.5) is 5.69 Å². The van der Waals surface area contributed by atoms with Crippen LogP contribution >= 0.6 is 0 Å². The van der Waals surface area contributed by atoms with Crippen LogP contribution in [0.25, 0.3) is 6.08 Å². The van der Waals surface area contributed by atoms with Gasteiger partial charge < -0.3 is 9.47 Å². The molecule has 1 aromatic carbocycles. The maximum atomic E-state index is 11.5. The van der Waals surface area contributed by atoms with Gasteiger partial charge in [0.2, 0.25) is 0 Å². The molecule has 1 saturated heterocycles. The molecule has 100 valence electrons. The van der Waals surface area contributed by atoms with Gasteiger partial charge in [0.15, 0.2) is 0 Å². The number of carbonyl (C=O) groups is 1. The van der Waals surface area contributed by atoms with Gasteiger partial charge in [0.25, 0.3) is 5.69 Å². The smallest absolute Gasteiger partial charge is 0.331 e. The van der Waals surface area contributed by atoms with Crippen LogP contribution in [0.5, 0.6) is 0 Å². The van der Waals surface area contributed by atoms with Crippen molar-refractivity contribution in [3.05, 3.63) is 46.0 Å². The van der Waals surface area contributed by atoms with E-state index in [1.54, 1.807) is 12.1 Å². The maximum Gasteiger partial charge on any atom is 0.331 e. The summed E-state index contributed by atoms with van der Waals surface area (Å²) >= 11 is 0. The fraction of sp³-hybridized carbons (Fsp3) is 0.308. The van der Waals surface area contributed by atoms with Gasteiger partial charge in [0, 0.05) is 24.6 Å². The molecule has 0 saturated carbocycles. The van der Waals surface area contributed by atoms with E-state index in [0.717, 1.165) is 0 Å². The average Bonchev–Trinajstić information content (AvgIpc) is 2.89. The van der Waals surface area contributed by atoms with Crippen molar-refractivity contribution in [1.29, 1.82) is 0 Å². The maximum absolute atomic E-state index is 11.5. The third-order valence-corrected chi connectivity index (χ3v) is 2.66. The highest BCUT2D eigenvalue weighted by atomic mass is 16.6. The minimum atomic E-state index is -0.481. The average molecular weight is 263 g/mol. The molecular formula is C13H13NO5. The van der Waals surface area contributed by atoms with Gasteiger partial charge >= 0.3 is 5.97 Å². The lowest BCUT2D eigenvalue weighted by Crippen LogP contribution is -2.16. The third kappa shape index (κ3) is 3.89. The van der Waals surface area contributed by atoms with E-state index in [2.05, 4.69) is 0 Å². The van der Waals surface area contributed by atoms with E-state index < -0.39 is 10.9 Å². The number of carbonyl (C=O) groups excluding carboxylic acids is 1. The van der Waals surface area contributed by atoms with Gasteiger partial charge in [-0.25, -0.2) is 4.79 Å². The lowest BCUT2D eigenvalue weighted by molar-refractivity contribution is -0.384. The Balaban J connectivity index is 1.95. The molecule has 2 rings (SSSR count). The largest absolute Gasteiger partial charge is 0.457 e. The fourth-order valence-electron chi connectivity index (χ4n) is 1.72. The van der Waals surface area contributed by atoms with Crippen molar-refractivity contribution in [2.75, 3.05) is 13.2 Å². The third-order valence-electron chi connectivity index (χ3n) is 2.66. The molecule has 1 heterocycles. The molecule has 1 aromatic rings. The fourth-order valence-corrected chi connectivity index (χ4v) is 1.72. The first-order chi connectivity index (χ1) is 9.15. The second kappa shape index (κ2) is 6.10. The van der Waals surface area contributed by atoms with Gasteiger partial charge in [-0.15, -0.1) is 0 Å². The zero-order valence-electron chi connectivity index (χ0n) is 10.2. The number of esters is 1. The summed E-state index contributed by atoms with van der Waals surface area (Å²) in [5.74, 6) is -0.470. The van der Waals surface area contributed by atoms with Gasteiger partial charge in [-0.05, 0) is 11.6 Å². The van der Waals surface area contributed by atoms with E-state index in [1.165, 1.54) is 24.3 Å². The molecule has 0 amide bonds. The van der Waals surface area contributed by atoms with Gasteiger partial charge in [-0.1, -0.05) is 12.1 Å². The number of nitro groups is 1. The molecule has 0 N–H and O–H groups in total. The molecule has 1 fully saturated rings. The lowest BCUT2D eigenvalue weighted by atomic mass is 10.2. The Bertz CT molecular complexity index is 506. The Morgan fingerprint density at radius 3 is 3.05 bits per heavy atom.